The first-order chi connectivity index (χ1) is 24.8. The van der Waals surface area contributed by atoms with Crippen molar-refractivity contribution in [3.63, 3.8) is 0 Å². The van der Waals surface area contributed by atoms with E-state index < -0.39 is 6.16 Å². The molecule has 9 nitrogen and oxygen atoms in total. The highest BCUT2D eigenvalue weighted by atomic mass is 16.7. The van der Waals surface area contributed by atoms with E-state index in [-0.39, 0.29) is 29.5 Å². The Balaban J connectivity index is 2.38. The van der Waals surface area contributed by atoms with Crippen LogP contribution in [0.2, 0.25) is 0 Å². The standard InChI is InChI=1S/C42H76N2O7/c1-4-7-9-11-14-20-28-36(29-21-15-12-10-8-5-2)51-38(45)30-22-16-13-17-23-32-44(33-24-18-19-25-35-50-42(48)49)34-26-31-43-39-37(27-6-3)40(46)41(39)47/h36,43H,4-35H2,1-3H3,(H,48,49). The number of carboxylic acid groups (broad SMARTS) is 1. The average Bonchev–Trinajstić information content (AvgIpc) is 3.11. The second-order valence-electron chi connectivity index (χ2n) is 14.7. The van der Waals surface area contributed by atoms with Crippen molar-refractivity contribution in [2.24, 2.45) is 0 Å². The van der Waals surface area contributed by atoms with Gasteiger partial charge in [-0.15, -0.1) is 0 Å². The molecule has 0 bridgehead atoms. The van der Waals surface area contributed by atoms with Crippen LogP contribution in [-0.4, -0.2) is 61.0 Å². The lowest BCUT2D eigenvalue weighted by Crippen LogP contribution is -2.39. The van der Waals surface area contributed by atoms with E-state index in [0.29, 0.717) is 30.6 Å². The van der Waals surface area contributed by atoms with E-state index in [1.54, 1.807) is 0 Å². The number of hydrogen-bond acceptors (Lipinski definition) is 8. The molecule has 51 heavy (non-hydrogen) atoms. The number of nitrogens with zero attached hydrogens (tertiary/aromatic N) is 1. The maximum atomic E-state index is 12.8. The first kappa shape index (κ1) is 46.6. The number of esters is 1. The number of unbranched alkanes of at least 4 members (excludes halogenated alkanes) is 17. The van der Waals surface area contributed by atoms with Crippen molar-refractivity contribution in [2.75, 3.05) is 38.1 Å². The minimum atomic E-state index is -1.22. The minimum absolute atomic E-state index is 0.0168. The molecule has 0 unspecified atom stereocenters. The Bertz CT molecular complexity index is 1050. The molecule has 0 aliphatic rings. The largest absolute Gasteiger partial charge is 0.505 e. The molecule has 9 heteroatoms. The van der Waals surface area contributed by atoms with Crippen LogP contribution in [0.5, 0.6) is 0 Å². The van der Waals surface area contributed by atoms with Gasteiger partial charge >= 0.3 is 12.1 Å². The summed E-state index contributed by atoms with van der Waals surface area (Å²) < 4.78 is 10.6. The number of anilines is 1. The van der Waals surface area contributed by atoms with Gasteiger partial charge in [0.05, 0.1) is 12.3 Å². The molecular formula is C42H76N2O7. The Morgan fingerprint density at radius 1 is 0.627 bits per heavy atom. The van der Waals surface area contributed by atoms with Gasteiger partial charge in [-0.2, -0.15) is 0 Å². The van der Waals surface area contributed by atoms with Crippen molar-refractivity contribution >= 4 is 17.8 Å². The fourth-order valence-electron chi connectivity index (χ4n) is 6.86. The first-order valence-electron chi connectivity index (χ1n) is 21.2. The average molecular weight is 721 g/mol. The highest BCUT2D eigenvalue weighted by Crippen LogP contribution is 2.18. The summed E-state index contributed by atoms with van der Waals surface area (Å²) in [5.74, 6) is -0.0168. The molecule has 0 amide bonds. The molecule has 0 aromatic heterocycles. The van der Waals surface area contributed by atoms with Gasteiger partial charge in [0, 0.05) is 18.5 Å². The normalized spacial score (nSPS) is 11.5. The van der Waals surface area contributed by atoms with Crippen molar-refractivity contribution in [3.05, 3.63) is 26.0 Å². The number of ether oxygens (including phenoxy) is 2. The molecule has 0 aliphatic carbocycles. The topological polar surface area (TPSA) is 122 Å². The van der Waals surface area contributed by atoms with Gasteiger partial charge in [-0.1, -0.05) is 124 Å². The Hall–Kier alpha value is -2.42. The highest BCUT2D eigenvalue weighted by Gasteiger charge is 2.19. The second-order valence-corrected chi connectivity index (χ2v) is 14.7. The van der Waals surface area contributed by atoms with Crippen LogP contribution in [-0.2, 0) is 20.7 Å². The molecule has 0 heterocycles. The zero-order valence-corrected chi connectivity index (χ0v) is 33.0. The quantitative estimate of drug-likeness (QED) is 0.0393. The van der Waals surface area contributed by atoms with Gasteiger partial charge in [0.1, 0.15) is 6.10 Å². The summed E-state index contributed by atoms with van der Waals surface area (Å²) in [6.45, 7) is 10.3. The summed E-state index contributed by atoms with van der Waals surface area (Å²) >= 11 is 0. The molecule has 1 aromatic carbocycles. The number of rotatable bonds is 37. The van der Waals surface area contributed by atoms with E-state index in [1.807, 2.05) is 6.92 Å². The Labute approximate surface area is 310 Å². The summed E-state index contributed by atoms with van der Waals surface area (Å²) in [6.07, 6.45) is 27.9. The molecule has 0 atom stereocenters. The molecule has 0 radical (unpaired) electrons. The zero-order valence-electron chi connectivity index (χ0n) is 33.0. The first-order valence-corrected chi connectivity index (χ1v) is 21.2. The summed E-state index contributed by atoms with van der Waals surface area (Å²) in [4.78, 5) is 49.6. The maximum absolute atomic E-state index is 12.8. The molecule has 0 saturated heterocycles. The van der Waals surface area contributed by atoms with Crippen LogP contribution in [0.15, 0.2) is 9.59 Å². The van der Waals surface area contributed by atoms with E-state index in [2.05, 4.69) is 28.8 Å². The van der Waals surface area contributed by atoms with Crippen molar-refractivity contribution in [3.8, 4) is 0 Å². The van der Waals surface area contributed by atoms with Crippen LogP contribution in [0.25, 0.3) is 0 Å². The van der Waals surface area contributed by atoms with Gasteiger partial charge in [-0.05, 0) is 83.8 Å². The smallest absolute Gasteiger partial charge is 0.462 e. The minimum Gasteiger partial charge on any atom is -0.462 e. The fourth-order valence-corrected chi connectivity index (χ4v) is 6.86. The van der Waals surface area contributed by atoms with Gasteiger partial charge in [0.15, 0.2) is 0 Å². The van der Waals surface area contributed by atoms with E-state index in [4.69, 9.17) is 9.84 Å². The third kappa shape index (κ3) is 24.5. The third-order valence-electron chi connectivity index (χ3n) is 9.97. The molecule has 0 fully saturated rings. The van der Waals surface area contributed by atoms with E-state index >= 15 is 0 Å². The van der Waals surface area contributed by atoms with E-state index in [0.717, 1.165) is 116 Å². The summed E-state index contributed by atoms with van der Waals surface area (Å²) in [6, 6.07) is 0. The maximum Gasteiger partial charge on any atom is 0.505 e. The van der Waals surface area contributed by atoms with Crippen LogP contribution < -0.4 is 16.2 Å². The number of carbonyl (C=O) groups excluding carboxylic acids is 1. The van der Waals surface area contributed by atoms with Crippen molar-refractivity contribution in [2.45, 2.75) is 200 Å². The summed E-state index contributed by atoms with van der Waals surface area (Å²) in [5.41, 5.74) is 0.465. The predicted molar refractivity (Wildman–Crippen MR) is 211 cm³/mol. The van der Waals surface area contributed by atoms with Gasteiger partial charge in [0.2, 0.25) is 10.9 Å². The van der Waals surface area contributed by atoms with Crippen LogP contribution >= 0.6 is 0 Å². The SMILES string of the molecule is CCCCCCCCC(CCCCCCCC)OC(=O)CCCCCCCN(CCCCCCOC(=O)O)CCCNc1c(CCC)c(=O)c1=O. The molecule has 296 valence electrons. The van der Waals surface area contributed by atoms with Gasteiger partial charge in [-0.25, -0.2) is 4.79 Å². The van der Waals surface area contributed by atoms with Crippen LogP contribution in [0.3, 0.4) is 0 Å². The Kier molecular flexibility index (Phi) is 29.5. The third-order valence-corrected chi connectivity index (χ3v) is 9.97. The lowest BCUT2D eigenvalue weighted by atomic mass is 10.0. The van der Waals surface area contributed by atoms with Crippen LogP contribution in [0, 0.1) is 0 Å². The van der Waals surface area contributed by atoms with Gasteiger partial charge in [-0.3, -0.25) is 14.4 Å². The van der Waals surface area contributed by atoms with Crippen molar-refractivity contribution in [1.82, 2.24) is 4.90 Å². The van der Waals surface area contributed by atoms with E-state index in [1.165, 1.54) is 64.2 Å². The van der Waals surface area contributed by atoms with Crippen LogP contribution in [0.1, 0.15) is 193 Å². The molecule has 0 aliphatic heterocycles. The van der Waals surface area contributed by atoms with Gasteiger partial charge in [0.25, 0.3) is 0 Å². The molecule has 0 saturated carbocycles. The second kappa shape index (κ2) is 32.2. The molecule has 0 spiro atoms. The van der Waals surface area contributed by atoms with Crippen molar-refractivity contribution < 1.29 is 24.2 Å². The fraction of sp³-hybridized carbons (Fsp3) is 0.857. The lowest BCUT2D eigenvalue weighted by molar-refractivity contribution is -0.150. The predicted octanol–water partition coefficient (Wildman–Crippen LogP) is 10.3. The Morgan fingerprint density at radius 2 is 1.14 bits per heavy atom. The summed E-state index contributed by atoms with van der Waals surface area (Å²) in [7, 11) is 0. The van der Waals surface area contributed by atoms with E-state index in [9.17, 15) is 19.2 Å². The summed E-state index contributed by atoms with van der Waals surface area (Å²) in [5, 5.41) is 11.9. The molecular weight excluding hydrogens is 644 g/mol. The lowest BCUT2D eigenvalue weighted by Gasteiger charge is -2.23. The van der Waals surface area contributed by atoms with Crippen LogP contribution in [0.4, 0.5) is 10.5 Å². The van der Waals surface area contributed by atoms with Gasteiger partial charge < -0.3 is 24.8 Å². The number of hydrogen-bond donors (Lipinski definition) is 2. The molecule has 2 N–H and O–H groups in total. The monoisotopic (exact) mass is 721 g/mol. The molecule has 1 rings (SSSR count). The Morgan fingerprint density at radius 3 is 1.71 bits per heavy atom. The number of nitrogens with one attached hydrogen (secondary N) is 1. The molecule has 1 aromatic rings. The zero-order chi connectivity index (χ0) is 37.4. The van der Waals surface area contributed by atoms with Crippen molar-refractivity contribution in [1.29, 1.82) is 0 Å². The number of carbonyl (C=O) groups is 2. The highest BCUT2D eigenvalue weighted by molar-refractivity contribution is 5.69.